The quantitative estimate of drug-likeness (QED) is 0.116. The molecule has 3 heterocycles. The van der Waals surface area contributed by atoms with E-state index in [0.717, 1.165) is 68.9 Å². The van der Waals surface area contributed by atoms with Crippen molar-refractivity contribution < 1.29 is 29.9 Å². The van der Waals surface area contributed by atoms with E-state index < -0.39 is 0 Å². The van der Waals surface area contributed by atoms with Crippen LogP contribution in [-0.2, 0) is 38.7 Å². The minimum Gasteiger partial charge on any atom is -0.509 e. The molecule has 0 atom stereocenters. The van der Waals surface area contributed by atoms with E-state index in [4.69, 9.17) is 14.6 Å². The van der Waals surface area contributed by atoms with Crippen molar-refractivity contribution in [1.29, 1.82) is 0 Å². The summed E-state index contributed by atoms with van der Waals surface area (Å²) in [6.07, 6.45) is 3.42. The smallest absolute Gasteiger partial charge is 0.509 e. The van der Waals surface area contributed by atoms with E-state index >= 15 is 0 Å². The van der Waals surface area contributed by atoms with Gasteiger partial charge < -0.3 is 14.0 Å². The van der Waals surface area contributed by atoms with Gasteiger partial charge in [-0.1, -0.05) is 88.7 Å². The third kappa shape index (κ3) is 6.05. The summed E-state index contributed by atoms with van der Waals surface area (Å²) >= 11 is 0. The molecule has 48 heavy (non-hydrogen) atoms. The maximum atomic E-state index is 6.63. The Balaban J connectivity index is 0.00000401. The number of hydrogen-bond donors (Lipinski definition) is 0. The summed E-state index contributed by atoms with van der Waals surface area (Å²) in [4.78, 5) is 4.69. The molecule has 7 heteroatoms. The van der Waals surface area contributed by atoms with Gasteiger partial charge >= 0.3 is 20.4 Å². The maximum Gasteiger partial charge on any atom is 2.00 e. The van der Waals surface area contributed by atoms with Gasteiger partial charge in [0, 0.05) is 40.5 Å². The van der Waals surface area contributed by atoms with E-state index in [1.54, 1.807) is 13.3 Å². The zero-order chi connectivity index (χ0) is 32.7. The summed E-state index contributed by atoms with van der Waals surface area (Å²) in [5.41, 5.74) is 8.38. The van der Waals surface area contributed by atoms with Crippen LogP contribution in [0, 0.1) is 12.1 Å². The first-order chi connectivity index (χ1) is 22.8. The van der Waals surface area contributed by atoms with Gasteiger partial charge in [-0.15, -0.1) is 41.3 Å². The standard InChI is InChI=1S/C41H38N4O2.Pd/c1-7-35-40(27-14-10-9-11-15-27)36(8-2)45(43-35)29-22-28(41(3,4)5)23-32(24-29)47-31-18-19-34-33-16-12-13-17-37(33)44(38(34)25-31)39-26-30(46-6)20-21-42-39;/h9-23,26H,7-8H2,1-6H3;/q-2;+2. The Bertz CT molecular complexity index is 2230. The van der Waals surface area contributed by atoms with Crippen molar-refractivity contribution in [2.75, 3.05) is 7.11 Å². The van der Waals surface area contributed by atoms with E-state index in [0.29, 0.717) is 11.5 Å². The molecule has 0 bridgehead atoms. The van der Waals surface area contributed by atoms with E-state index in [9.17, 15) is 0 Å². The summed E-state index contributed by atoms with van der Waals surface area (Å²) in [7, 11) is 1.66. The first kappa shape index (κ1) is 33.2. The molecule has 0 fully saturated rings. The molecule has 0 amide bonds. The molecule has 244 valence electrons. The van der Waals surface area contributed by atoms with Gasteiger partial charge in [0.2, 0.25) is 0 Å². The summed E-state index contributed by atoms with van der Waals surface area (Å²) < 4.78 is 16.3. The van der Waals surface area contributed by atoms with Crippen molar-refractivity contribution in [2.45, 2.75) is 52.9 Å². The van der Waals surface area contributed by atoms with Crippen molar-refractivity contribution in [2.24, 2.45) is 0 Å². The van der Waals surface area contributed by atoms with Crippen LogP contribution in [0.4, 0.5) is 0 Å². The second-order valence-electron chi connectivity index (χ2n) is 12.7. The molecule has 6 nitrogen and oxygen atoms in total. The number of aryl methyl sites for hydroxylation is 1. The fraction of sp³-hybridized carbons (Fsp3) is 0.220. The molecule has 3 aromatic heterocycles. The largest absolute Gasteiger partial charge is 2.00 e. The van der Waals surface area contributed by atoms with E-state index in [1.165, 1.54) is 11.1 Å². The summed E-state index contributed by atoms with van der Waals surface area (Å²) in [5, 5.41) is 7.32. The van der Waals surface area contributed by atoms with Crippen LogP contribution in [-0.4, -0.2) is 26.4 Å². The zero-order valence-corrected chi connectivity index (χ0v) is 29.6. The molecule has 0 N–H and O–H groups in total. The first-order valence-corrected chi connectivity index (χ1v) is 16.2. The summed E-state index contributed by atoms with van der Waals surface area (Å²) in [6, 6.07) is 38.1. The minimum absolute atomic E-state index is 0. The molecule has 0 aliphatic heterocycles. The number of rotatable bonds is 8. The fourth-order valence-corrected chi connectivity index (χ4v) is 6.28. The van der Waals surface area contributed by atoms with E-state index in [1.807, 2.05) is 24.3 Å². The molecule has 0 saturated heterocycles. The Labute approximate surface area is 296 Å². The average Bonchev–Trinajstić information content (AvgIpc) is 3.63. The number of methoxy groups -OCH3 is 1. The van der Waals surface area contributed by atoms with Crippen molar-refractivity contribution in [3.05, 3.63) is 126 Å². The first-order valence-electron chi connectivity index (χ1n) is 16.2. The van der Waals surface area contributed by atoms with Crippen LogP contribution in [0.15, 0.2) is 97.2 Å². The van der Waals surface area contributed by atoms with Crippen LogP contribution in [0.2, 0.25) is 0 Å². The SMILES string of the molecule is CCc1nn(-c2[c-]c(Oc3[c-]c4c(cc3)c3ccccc3n4-c3cc(OC)ccn3)cc(C(C)(C)C)c2)c(CC)c1-c1ccccc1.[Pd+2]. The molecular weight excluding hydrogens is 687 g/mol. The number of nitrogens with zero attached hydrogens (tertiary/aromatic N) is 4. The molecule has 7 aromatic rings. The number of pyridine rings is 1. The molecule has 0 aliphatic rings. The van der Waals surface area contributed by atoms with Crippen LogP contribution >= 0.6 is 0 Å². The molecule has 4 aromatic carbocycles. The van der Waals surface area contributed by atoms with Gasteiger partial charge in [-0.3, -0.25) is 4.68 Å². The molecule has 7 rings (SSSR count). The van der Waals surface area contributed by atoms with Gasteiger partial charge in [0.15, 0.2) is 0 Å². The monoisotopic (exact) mass is 724 g/mol. The second-order valence-corrected chi connectivity index (χ2v) is 12.7. The molecule has 0 saturated carbocycles. The van der Waals surface area contributed by atoms with E-state index in [-0.39, 0.29) is 25.8 Å². The normalized spacial score (nSPS) is 11.5. The van der Waals surface area contributed by atoms with Gasteiger partial charge in [-0.2, -0.15) is 11.2 Å². The second kappa shape index (κ2) is 13.4. The van der Waals surface area contributed by atoms with Crippen LogP contribution in [0.3, 0.4) is 0 Å². The number of aromatic nitrogens is 4. The van der Waals surface area contributed by atoms with Gasteiger partial charge in [-0.25, -0.2) is 4.98 Å². The number of hydrogen-bond acceptors (Lipinski definition) is 4. The summed E-state index contributed by atoms with van der Waals surface area (Å²) in [6.45, 7) is 11.0. The Morgan fingerprint density at radius 2 is 1.56 bits per heavy atom. The zero-order valence-electron chi connectivity index (χ0n) is 28.1. The summed E-state index contributed by atoms with van der Waals surface area (Å²) in [5.74, 6) is 2.69. The number of fused-ring (bicyclic) bond motifs is 3. The Hall–Kier alpha value is -4.70. The predicted octanol–water partition coefficient (Wildman–Crippen LogP) is 9.85. The fourth-order valence-electron chi connectivity index (χ4n) is 6.28. The number of benzene rings is 4. The van der Waals surface area contributed by atoms with Crippen LogP contribution in [0.25, 0.3) is 44.4 Å². The topological polar surface area (TPSA) is 54.1 Å². The maximum absolute atomic E-state index is 6.63. The van der Waals surface area contributed by atoms with Gasteiger partial charge in [-0.05, 0) is 47.0 Å². The Kier molecular flexibility index (Phi) is 9.29. The van der Waals surface area contributed by atoms with Gasteiger partial charge in [0.05, 0.1) is 12.8 Å². The van der Waals surface area contributed by atoms with E-state index in [2.05, 4.69) is 128 Å². The molecule has 0 unspecified atom stereocenters. The van der Waals surface area contributed by atoms with Crippen LogP contribution in [0.5, 0.6) is 17.2 Å². The van der Waals surface area contributed by atoms with Crippen LogP contribution in [0.1, 0.15) is 51.6 Å². The Morgan fingerprint density at radius 1 is 0.792 bits per heavy atom. The third-order valence-electron chi connectivity index (χ3n) is 8.67. The minimum atomic E-state index is -0.129. The van der Waals surface area contributed by atoms with Crippen molar-refractivity contribution in [3.8, 4) is 39.9 Å². The predicted molar refractivity (Wildman–Crippen MR) is 189 cm³/mol. The molecule has 0 radical (unpaired) electrons. The van der Waals surface area contributed by atoms with Gasteiger partial charge in [0.1, 0.15) is 11.6 Å². The van der Waals surface area contributed by atoms with Crippen molar-refractivity contribution in [1.82, 2.24) is 19.3 Å². The number of ether oxygens (including phenoxy) is 2. The molecule has 0 spiro atoms. The Morgan fingerprint density at radius 3 is 2.29 bits per heavy atom. The number of para-hydroxylation sites is 1. The van der Waals surface area contributed by atoms with Crippen molar-refractivity contribution >= 4 is 21.8 Å². The molecular formula is C41H38N4O2Pd. The molecule has 0 aliphatic carbocycles. The van der Waals surface area contributed by atoms with Gasteiger partial charge in [0.25, 0.3) is 0 Å². The third-order valence-corrected chi connectivity index (χ3v) is 8.67. The van der Waals surface area contributed by atoms with Crippen molar-refractivity contribution in [3.63, 3.8) is 0 Å². The van der Waals surface area contributed by atoms with Crippen LogP contribution < -0.4 is 9.47 Å². The average molecular weight is 725 g/mol.